The molecule has 0 atom stereocenters. The van der Waals surface area contributed by atoms with E-state index in [9.17, 15) is 8.42 Å². The number of ether oxygens (including phenoxy) is 1. The highest BCUT2D eigenvalue weighted by molar-refractivity contribution is 7.90. The summed E-state index contributed by atoms with van der Waals surface area (Å²) in [7, 11) is -3.42. The molecule has 0 bridgehead atoms. The highest BCUT2D eigenvalue weighted by Crippen LogP contribution is 2.33. The Morgan fingerprint density at radius 1 is 1.08 bits per heavy atom. The summed E-state index contributed by atoms with van der Waals surface area (Å²) in [5, 5.41) is 4.88. The molecule has 188 valence electrons. The lowest BCUT2D eigenvalue weighted by atomic mass is 10.1. The zero-order chi connectivity index (χ0) is 24.9. The van der Waals surface area contributed by atoms with Crippen LogP contribution in [0.3, 0.4) is 0 Å². The molecule has 2 fully saturated rings. The minimum Gasteiger partial charge on any atom is -0.378 e. The maximum atomic E-state index is 12.5. The number of fused-ring (bicyclic) bond motifs is 1. The molecule has 1 aliphatic heterocycles. The van der Waals surface area contributed by atoms with Gasteiger partial charge in [0.1, 0.15) is 0 Å². The van der Waals surface area contributed by atoms with E-state index in [1.807, 2.05) is 12.3 Å². The van der Waals surface area contributed by atoms with E-state index in [0.29, 0.717) is 36.7 Å². The Morgan fingerprint density at radius 3 is 2.64 bits per heavy atom. The molecule has 4 aromatic heterocycles. The highest BCUT2D eigenvalue weighted by Gasteiger charge is 2.37. The lowest BCUT2D eigenvalue weighted by molar-refractivity contribution is 0.123. The van der Waals surface area contributed by atoms with Crippen molar-refractivity contribution >= 4 is 26.6 Å². The van der Waals surface area contributed by atoms with Crippen molar-refractivity contribution < 1.29 is 13.2 Å². The zero-order valence-electron chi connectivity index (χ0n) is 20.4. The molecule has 0 N–H and O–H groups in total. The maximum absolute atomic E-state index is 12.5. The molecule has 10 nitrogen and oxygen atoms in total. The molecule has 36 heavy (non-hydrogen) atoms. The molecule has 1 saturated carbocycles. The monoisotopic (exact) mass is 507 g/mol. The number of morpholine rings is 1. The van der Waals surface area contributed by atoms with Crippen LogP contribution in [0.5, 0.6) is 0 Å². The normalized spacial score (nSPS) is 16.8. The molecule has 0 radical (unpaired) electrons. The van der Waals surface area contributed by atoms with E-state index >= 15 is 0 Å². The van der Waals surface area contributed by atoms with Gasteiger partial charge in [-0.05, 0) is 38.8 Å². The molecule has 0 spiro atoms. The second kappa shape index (κ2) is 8.97. The van der Waals surface area contributed by atoms with Gasteiger partial charge in [0.25, 0.3) is 10.0 Å². The smallest absolute Gasteiger partial charge is 0.256 e. The third-order valence-electron chi connectivity index (χ3n) is 6.76. The number of hydrogen-bond donors (Lipinski definition) is 0. The highest BCUT2D eigenvalue weighted by atomic mass is 32.2. The molecule has 0 amide bonds. The van der Waals surface area contributed by atoms with E-state index in [1.54, 1.807) is 6.20 Å². The number of hydrogen-bond acceptors (Lipinski definition) is 8. The van der Waals surface area contributed by atoms with Crippen molar-refractivity contribution in [2.75, 3.05) is 31.2 Å². The van der Waals surface area contributed by atoms with Gasteiger partial charge < -0.3 is 14.2 Å². The largest absolute Gasteiger partial charge is 0.378 e. The molecular weight excluding hydrogens is 478 g/mol. The molecule has 1 saturated heterocycles. The second-order valence-electron chi connectivity index (χ2n) is 9.70. The van der Waals surface area contributed by atoms with Crippen LogP contribution in [0, 0.1) is 0 Å². The third-order valence-corrected chi connectivity index (χ3v) is 8.80. The molecule has 4 aromatic rings. The molecule has 11 heteroatoms. The number of pyridine rings is 1. The maximum Gasteiger partial charge on any atom is 0.256 e. The summed E-state index contributed by atoms with van der Waals surface area (Å²) in [4.78, 5) is 16.2. The first-order valence-electron chi connectivity index (χ1n) is 12.3. The van der Waals surface area contributed by atoms with E-state index in [4.69, 9.17) is 9.72 Å². The summed E-state index contributed by atoms with van der Waals surface area (Å²) in [5.41, 5.74) is 4.64. The van der Waals surface area contributed by atoms with Crippen LogP contribution in [0.25, 0.3) is 22.3 Å². The standard InChI is InChI=1S/C25H29N7O3S/c1-17(2)31-16-24(30-7-9-35-10-8-30)22-14-27-20(12-23(22)31)11-19-5-6-26-25(29-19)18-13-28-32(15-18)36(33,34)21-3-4-21/h5-6,12-17,21H,3-4,7-11H2,1-2H3. The van der Waals surface area contributed by atoms with Crippen molar-refractivity contribution in [2.45, 2.75) is 44.4 Å². The van der Waals surface area contributed by atoms with Crippen molar-refractivity contribution in [1.29, 1.82) is 0 Å². The van der Waals surface area contributed by atoms with Crippen molar-refractivity contribution in [3.8, 4) is 11.4 Å². The van der Waals surface area contributed by atoms with Gasteiger partial charge in [-0.2, -0.15) is 9.19 Å². The van der Waals surface area contributed by atoms with Crippen LogP contribution in [-0.4, -0.2) is 68.7 Å². The lowest BCUT2D eigenvalue weighted by Crippen LogP contribution is -2.36. The van der Waals surface area contributed by atoms with Crippen LogP contribution in [0.2, 0.25) is 0 Å². The first-order chi connectivity index (χ1) is 17.4. The van der Waals surface area contributed by atoms with Gasteiger partial charge in [0.15, 0.2) is 5.82 Å². The minimum absolute atomic E-state index is 0.312. The van der Waals surface area contributed by atoms with Crippen molar-refractivity contribution in [3.63, 3.8) is 0 Å². The molecular formula is C25H29N7O3S. The van der Waals surface area contributed by atoms with Crippen molar-refractivity contribution in [3.05, 3.63) is 54.5 Å². The van der Waals surface area contributed by atoms with Crippen LogP contribution < -0.4 is 4.90 Å². The third kappa shape index (κ3) is 4.26. The Hall–Kier alpha value is -3.31. The Kier molecular flexibility index (Phi) is 5.76. The van der Waals surface area contributed by atoms with Crippen LogP contribution in [0.15, 0.2) is 43.1 Å². The van der Waals surface area contributed by atoms with Crippen LogP contribution in [0.4, 0.5) is 5.69 Å². The average Bonchev–Trinajstić information content (AvgIpc) is 3.50. The summed E-state index contributed by atoms with van der Waals surface area (Å²) in [6, 6.07) is 4.31. The number of nitrogens with zero attached hydrogens (tertiary/aromatic N) is 7. The Morgan fingerprint density at radius 2 is 1.89 bits per heavy atom. The molecule has 2 aliphatic rings. The SMILES string of the molecule is CC(C)n1cc(N2CCOCC2)c2cnc(Cc3ccnc(-c4cnn(S(=O)(=O)C5CC5)c4)n3)cc21. The minimum atomic E-state index is -3.42. The molecule has 0 aromatic carbocycles. The summed E-state index contributed by atoms with van der Waals surface area (Å²) in [6.07, 6.45) is 10.8. The van der Waals surface area contributed by atoms with E-state index in [-0.39, 0.29) is 5.25 Å². The first-order valence-corrected chi connectivity index (χ1v) is 13.8. The van der Waals surface area contributed by atoms with Gasteiger partial charge >= 0.3 is 0 Å². The molecule has 1 aliphatic carbocycles. The van der Waals surface area contributed by atoms with Crippen LogP contribution in [0.1, 0.15) is 44.1 Å². The number of aromatic nitrogens is 6. The topological polar surface area (TPSA) is 108 Å². The van der Waals surface area contributed by atoms with Gasteiger partial charge in [-0.3, -0.25) is 4.98 Å². The van der Waals surface area contributed by atoms with Crippen molar-refractivity contribution in [2.24, 2.45) is 0 Å². The lowest BCUT2D eigenvalue weighted by Gasteiger charge is -2.28. The van der Waals surface area contributed by atoms with Gasteiger partial charge in [0.05, 0.1) is 53.3 Å². The summed E-state index contributed by atoms with van der Waals surface area (Å²) in [6.45, 7) is 7.59. The quantitative estimate of drug-likeness (QED) is 0.376. The Labute approximate surface area is 210 Å². The molecule has 0 unspecified atom stereocenters. The van der Waals surface area contributed by atoms with Gasteiger partial charge in [-0.1, -0.05) is 0 Å². The Bertz CT molecular complexity index is 1520. The predicted octanol–water partition coefficient (Wildman–Crippen LogP) is 3.04. The second-order valence-corrected chi connectivity index (χ2v) is 11.8. The molecule has 6 rings (SSSR count). The zero-order valence-corrected chi connectivity index (χ0v) is 21.2. The predicted molar refractivity (Wildman–Crippen MR) is 137 cm³/mol. The fourth-order valence-electron chi connectivity index (χ4n) is 4.65. The van der Waals surface area contributed by atoms with E-state index in [0.717, 1.165) is 52.7 Å². The Balaban J connectivity index is 1.28. The summed E-state index contributed by atoms with van der Waals surface area (Å²) >= 11 is 0. The van der Waals surface area contributed by atoms with Crippen LogP contribution >= 0.6 is 0 Å². The fraction of sp³-hybridized carbons (Fsp3) is 0.440. The fourth-order valence-corrected chi connectivity index (χ4v) is 6.12. The van der Waals surface area contributed by atoms with Gasteiger partial charge in [0, 0.05) is 55.2 Å². The van der Waals surface area contributed by atoms with E-state index in [2.05, 4.69) is 50.6 Å². The average molecular weight is 508 g/mol. The van der Waals surface area contributed by atoms with Gasteiger partial charge in [0.2, 0.25) is 0 Å². The molecule has 5 heterocycles. The van der Waals surface area contributed by atoms with Gasteiger partial charge in [-0.15, -0.1) is 0 Å². The number of anilines is 1. The first kappa shape index (κ1) is 23.1. The van der Waals surface area contributed by atoms with E-state index in [1.165, 1.54) is 18.1 Å². The van der Waals surface area contributed by atoms with Crippen LogP contribution in [-0.2, 0) is 21.2 Å². The van der Waals surface area contributed by atoms with Crippen molar-refractivity contribution in [1.82, 2.24) is 28.7 Å². The van der Waals surface area contributed by atoms with E-state index < -0.39 is 10.0 Å². The summed E-state index contributed by atoms with van der Waals surface area (Å²) in [5.74, 6) is 0.450. The number of rotatable bonds is 7. The summed E-state index contributed by atoms with van der Waals surface area (Å²) < 4.78 is 33.8. The van der Waals surface area contributed by atoms with Gasteiger partial charge in [-0.25, -0.2) is 18.4 Å².